The molecule has 9 heteroatoms. The standard InChI is InChI=1S/C7H9F4NO4/c8-6(9)7(10,11)3-16-2-4(13)12-1-5(14)15/h6H,1-3H2,(H,12,13)(H,14,15). The topological polar surface area (TPSA) is 75.6 Å². The van der Waals surface area contributed by atoms with E-state index >= 15 is 0 Å². The number of hydrogen-bond donors (Lipinski definition) is 2. The molecule has 0 radical (unpaired) electrons. The second-order valence-corrected chi connectivity index (χ2v) is 2.72. The van der Waals surface area contributed by atoms with Gasteiger partial charge in [0.15, 0.2) is 0 Å². The molecule has 0 saturated heterocycles. The molecule has 0 saturated carbocycles. The maximum atomic E-state index is 12.2. The van der Waals surface area contributed by atoms with Gasteiger partial charge in [0.25, 0.3) is 0 Å². The molecular formula is C7H9F4NO4. The summed E-state index contributed by atoms with van der Waals surface area (Å²) in [6.07, 6.45) is -3.88. The molecule has 0 spiro atoms. The quantitative estimate of drug-likeness (QED) is 0.626. The molecule has 16 heavy (non-hydrogen) atoms. The van der Waals surface area contributed by atoms with Gasteiger partial charge >= 0.3 is 18.3 Å². The van der Waals surface area contributed by atoms with E-state index in [1.807, 2.05) is 0 Å². The van der Waals surface area contributed by atoms with Crippen molar-refractivity contribution in [2.24, 2.45) is 0 Å². The van der Waals surface area contributed by atoms with Crippen molar-refractivity contribution in [2.75, 3.05) is 19.8 Å². The molecule has 0 unspecified atom stereocenters. The molecule has 0 aromatic rings. The third kappa shape index (κ3) is 6.17. The normalized spacial score (nSPS) is 11.6. The smallest absolute Gasteiger partial charge is 0.330 e. The highest BCUT2D eigenvalue weighted by atomic mass is 19.3. The highest BCUT2D eigenvalue weighted by molar-refractivity contribution is 5.81. The molecule has 0 aromatic heterocycles. The molecular weight excluding hydrogens is 238 g/mol. The Balaban J connectivity index is 3.74. The van der Waals surface area contributed by atoms with Gasteiger partial charge in [0, 0.05) is 0 Å². The first-order valence-corrected chi connectivity index (χ1v) is 3.98. The van der Waals surface area contributed by atoms with Crippen molar-refractivity contribution < 1.29 is 37.0 Å². The van der Waals surface area contributed by atoms with E-state index in [4.69, 9.17) is 5.11 Å². The number of halogens is 4. The lowest BCUT2D eigenvalue weighted by Gasteiger charge is -2.14. The van der Waals surface area contributed by atoms with E-state index < -0.39 is 44.0 Å². The van der Waals surface area contributed by atoms with Gasteiger partial charge in [-0.2, -0.15) is 8.78 Å². The number of aliphatic carboxylic acids is 1. The highest BCUT2D eigenvalue weighted by Crippen LogP contribution is 2.22. The lowest BCUT2D eigenvalue weighted by molar-refractivity contribution is -0.168. The summed E-state index contributed by atoms with van der Waals surface area (Å²) in [5, 5.41) is 9.92. The van der Waals surface area contributed by atoms with Gasteiger partial charge in [-0.05, 0) is 0 Å². The molecule has 1 amide bonds. The highest BCUT2D eigenvalue weighted by Gasteiger charge is 2.41. The summed E-state index contributed by atoms with van der Waals surface area (Å²) in [6, 6.07) is 0. The first-order chi connectivity index (χ1) is 7.25. The summed E-state index contributed by atoms with van der Waals surface area (Å²) >= 11 is 0. The van der Waals surface area contributed by atoms with Crippen LogP contribution in [0.25, 0.3) is 0 Å². The fourth-order valence-corrected chi connectivity index (χ4v) is 0.568. The van der Waals surface area contributed by atoms with Gasteiger partial charge in [0.05, 0.1) is 0 Å². The Morgan fingerprint density at radius 3 is 2.38 bits per heavy atom. The fraction of sp³-hybridized carbons (Fsp3) is 0.714. The van der Waals surface area contributed by atoms with E-state index in [9.17, 15) is 27.2 Å². The van der Waals surface area contributed by atoms with Crippen LogP contribution < -0.4 is 5.32 Å². The number of nitrogens with one attached hydrogen (secondary N) is 1. The number of carboxylic acid groups (broad SMARTS) is 1. The third-order valence-electron chi connectivity index (χ3n) is 1.28. The van der Waals surface area contributed by atoms with Crippen LogP contribution >= 0.6 is 0 Å². The number of carboxylic acids is 1. The molecule has 0 aliphatic rings. The minimum absolute atomic E-state index is 0.701. The molecule has 0 fully saturated rings. The van der Waals surface area contributed by atoms with Crippen LogP contribution in [0.3, 0.4) is 0 Å². The Labute approximate surface area is 87.4 Å². The third-order valence-corrected chi connectivity index (χ3v) is 1.28. The lowest BCUT2D eigenvalue weighted by atomic mass is 10.4. The maximum absolute atomic E-state index is 12.2. The molecule has 5 nitrogen and oxygen atoms in total. The van der Waals surface area contributed by atoms with Crippen molar-refractivity contribution in [3.63, 3.8) is 0 Å². The second kappa shape index (κ2) is 6.26. The van der Waals surface area contributed by atoms with Crippen molar-refractivity contribution in [2.45, 2.75) is 12.3 Å². The zero-order chi connectivity index (χ0) is 12.8. The Bertz CT molecular complexity index is 259. The van der Waals surface area contributed by atoms with E-state index in [-0.39, 0.29) is 0 Å². The number of amides is 1. The van der Waals surface area contributed by atoms with Crippen molar-refractivity contribution >= 4 is 11.9 Å². The molecule has 0 atom stereocenters. The molecule has 0 aliphatic heterocycles. The van der Waals surface area contributed by atoms with Crippen LogP contribution in [0.1, 0.15) is 0 Å². The number of alkyl halides is 4. The Kier molecular flexibility index (Phi) is 5.72. The van der Waals surface area contributed by atoms with E-state index in [0.29, 0.717) is 0 Å². The van der Waals surface area contributed by atoms with Crippen LogP contribution in [0, 0.1) is 0 Å². The molecule has 0 aliphatic carbocycles. The predicted molar refractivity (Wildman–Crippen MR) is 42.4 cm³/mol. The summed E-state index contributed by atoms with van der Waals surface area (Å²) < 4.78 is 51.6. The average Bonchev–Trinajstić information content (AvgIpc) is 2.14. The molecule has 0 rings (SSSR count). The zero-order valence-corrected chi connectivity index (χ0v) is 7.88. The number of hydrogen-bond acceptors (Lipinski definition) is 3. The Morgan fingerprint density at radius 2 is 1.94 bits per heavy atom. The molecule has 0 aromatic carbocycles. The Morgan fingerprint density at radius 1 is 1.38 bits per heavy atom. The molecule has 0 bridgehead atoms. The Hall–Kier alpha value is -1.38. The van der Waals surface area contributed by atoms with Gasteiger partial charge in [-0.25, -0.2) is 8.78 Å². The van der Waals surface area contributed by atoms with E-state index in [1.165, 1.54) is 0 Å². The van der Waals surface area contributed by atoms with E-state index in [2.05, 4.69) is 4.74 Å². The number of ether oxygens (including phenoxy) is 1. The molecule has 2 N–H and O–H groups in total. The van der Waals surface area contributed by atoms with Gasteiger partial charge in [-0.3, -0.25) is 9.59 Å². The summed E-state index contributed by atoms with van der Waals surface area (Å²) in [5.41, 5.74) is 0. The number of carbonyl (C=O) groups is 2. The monoisotopic (exact) mass is 247 g/mol. The van der Waals surface area contributed by atoms with E-state index in [0.717, 1.165) is 0 Å². The van der Waals surface area contributed by atoms with Gasteiger partial charge in [-0.15, -0.1) is 0 Å². The SMILES string of the molecule is O=C(O)CNC(=O)COCC(F)(F)C(F)F. The van der Waals surface area contributed by atoms with Crippen LogP contribution in [-0.2, 0) is 14.3 Å². The largest absolute Gasteiger partial charge is 0.480 e. The average molecular weight is 247 g/mol. The van der Waals surface area contributed by atoms with Gasteiger partial charge in [0.1, 0.15) is 19.8 Å². The fourth-order valence-electron chi connectivity index (χ4n) is 0.568. The van der Waals surface area contributed by atoms with Crippen LogP contribution in [0.5, 0.6) is 0 Å². The van der Waals surface area contributed by atoms with Gasteiger partial charge in [0.2, 0.25) is 5.91 Å². The summed E-state index contributed by atoms with van der Waals surface area (Å²) in [7, 11) is 0. The van der Waals surface area contributed by atoms with Crippen LogP contribution in [0.15, 0.2) is 0 Å². The second-order valence-electron chi connectivity index (χ2n) is 2.72. The predicted octanol–water partition coefficient (Wildman–Crippen LogP) is 0.104. The summed E-state index contributed by atoms with van der Waals surface area (Å²) in [5.74, 6) is -6.63. The van der Waals surface area contributed by atoms with Gasteiger partial charge in [-0.1, -0.05) is 0 Å². The van der Waals surface area contributed by atoms with Crippen molar-refractivity contribution in [1.82, 2.24) is 5.32 Å². The number of rotatable bonds is 7. The van der Waals surface area contributed by atoms with Crippen molar-refractivity contribution in [1.29, 1.82) is 0 Å². The van der Waals surface area contributed by atoms with Crippen LogP contribution in [0.2, 0.25) is 0 Å². The van der Waals surface area contributed by atoms with E-state index in [1.54, 1.807) is 5.32 Å². The summed E-state index contributed by atoms with van der Waals surface area (Å²) in [4.78, 5) is 20.6. The van der Waals surface area contributed by atoms with Crippen LogP contribution in [0.4, 0.5) is 17.6 Å². The minimum atomic E-state index is -4.33. The van der Waals surface area contributed by atoms with Crippen LogP contribution in [-0.4, -0.2) is 49.1 Å². The molecule has 94 valence electrons. The molecule has 0 heterocycles. The van der Waals surface area contributed by atoms with Gasteiger partial charge < -0.3 is 15.2 Å². The lowest BCUT2D eigenvalue weighted by Crippen LogP contribution is -2.36. The van der Waals surface area contributed by atoms with Crippen molar-refractivity contribution in [3.05, 3.63) is 0 Å². The zero-order valence-electron chi connectivity index (χ0n) is 7.88. The first kappa shape index (κ1) is 14.6. The minimum Gasteiger partial charge on any atom is -0.480 e. The maximum Gasteiger partial charge on any atom is 0.330 e. The number of carbonyl (C=O) groups excluding carboxylic acids is 1. The van der Waals surface area contributed by atoms with Crippen molar-refractivity contribution in [3.8, 4) is 0 Å². The first-order valence-electron chi connectivity index (χ1n) is 3.98. The summed E-state index contributed by atoms with van der Waals surface area (Å²) in [6.45, 7) is -3.21.